The van der Waals surface area contributed by atoms with Gasteiger partial charge in [0.15, 0.2) is 11.6 Å². The first-order valence-corrected chi connectivity index (χ1v) is 13.3. The van der Waals surface area contributed by atoms with Crippen LogP contribution in [0.4, 0.5) is 9.18 Å². The van der Waals surface area contributed by atoms with Crippen LogP contribution in [0.1, 0.15) is 49.6 Å². The summed E-state index contributed by atoms with van der Waals surface area (Å²) in [5.41, 5.74) is 1.99. The Morgan fingerprint density at radius 2 is 1.98 bits per heavy atom. The van der Waals surface area contributed by atoms with Crippen molar-refractivity contribution in [1.29, 1.82) is 0 Å². The lowest BCUT2D eigenvalue weighted by Gasteiger charge is -2.39. The maximum atomic E-state index is 15.0. The molecule has 2 fully saturated rings. The number of ether oxygens (including phenoxy) is 6. The predicted molar refractivity (Wildman–Crippen MR) is 137 cm³/mol. The summed E-state index contributed by atoms with van der Waals surface area (Å²) in [6.45, 7) is 6.35. The Kier molecular flexibility index (Phi) is 9.85. The zero-order chi connectivity index (χ0) is 29.0. The molecule has 0 saturated carbocycles. The van der Waals surface area contributed by atoms with Crippen LogP contribution in [-0.4, -0.2) is 95.0 Å². The largest absolute Gasteiger partial charge is 0.508 e. The van der Waals surface area contributed by atoms with E-state index in [-0.39, 0.29) is 30.2 Å². The van der Waals surface area contributed by atoms with Crippen LogP contribution in [0.15, 0.2) is 18.2 Å². The lowest BCUT2D eigenvalue weighted by molar-refractivity contribution is -0.278. The van der Waals surface area contributed by atoms with Gasteiger partial charge in [-0.15, -0.1) is 5.10 Å². The Hall–Kier alpha value is -2.97. The van der Waals surface area contributed by atoms with E-state index in [9.17, 15) is 24.5 Å². The average molecular weight is 569 g/mol. The number of halogens is 1. The van der Waals surface area contributed by atoms with E-state index in [2.05, 4.69) is 9.84 Å². The molecule has 0 radical (unpaired) electrons. The summed E-state index contributed by atoms with van der Waals surface area (Å²) in [5, 5.41) is 35.8. The van der Waals surface area contributed by atoms with Crippen molar-refractivity contribution in [2.75, 3.05) is 26.9 Å². The van der Waals surface area contributed by atoms with Crippen molar-refractivity contribution >= 4 is 6.16 Å². The Labute approximate surface area is 231 Å². The van der Waals surface area contributed by atoms with Crippen LogP contribution < -0.4 is 9.47 Å². The smallest absolute Gasteiger partial charge is 0.485 e. The third-order valence-electron chi connectivity index (χ3n) is 6.94. The van der Waals surface area contributed by atoms with Crippen LogP contribution in [0.2, 0.25) is 0 Å². The molecule has 4 rings (SSSR count). The molecule has 0 amide bonds. The Morgan fingerprint density at radius 3 is 2.62 bits per heavy atom. The number of carbonyl (C=O) groups is 1. The third-order valence-corrected chi connectivity index (χ3v) is 6.94. The van der Waals surface area contributed by atoms with Crippen LogP contribution in [0.3, 0.4) is 0 Å². The van der Waals surface area contributed by atoms with Crippen molar-refractivity contribution in [3.05, 3.63) is 40.8 Å². The van der Waals surface area contributed by atoms with E-state index in [1.54, 1.807) is 16.8 Å². The van der Waals surface area contributed by atoms with Gasteiger partial charge in [-0.1, -0.05) is 6.07 Å². The predicted octanol–water partition coefficient (Wildman–Crippen LogP) is 2.03. The van der Waals surface area contributed by atoms with Gasteiger partial charge in [0.2, 0.25) is 12.2 Å². The second-order valence-corrected chi connectivity index (χ2v) is 10.2. The van der Waals surface area contributed by atoms with Crippen molar-refractivity contribution in [3.8, 4) is 11.6 Å². The summed E-state index contributed by atoms with van der Waals surface area (Å²) < 4.78 is 48.7. The number of methoxy groups -OCH3 is 1. The van der Waals surface area contributed by atoms with Gasteiger partial charge >= 0.3 is 6.16 Å². The molecule has 0 aliphatic carbocycles. The van der Waals surface area contributed by atoms with Crippen molar-refractivity contribution in [1.82, 2.24) is 9.78 Å². The Bertz CT molecular complexity index is 1150. The number of aliphatic hydroxyl groups is 3. The lowest BCUT2D eigenvalue weighted by atomic mass is 9.99. The van der Waals surface area contributed by atoms with E-state index in [1.165, 1.54) is 6.07 Å². The Morgan fingerprint density at radius 1 is 1.20 bits per heavy atom. The second kappa shape index (κ2) is 13.1. The van der Waals surface area contributed by atoms with Gasteiger partial charge in [-0.25, -0.2) is 9.18 Å². The molecular formula is C27H37FN2O10. The fourth-order valence-electron chi connectivity index (χ4n) is 4.74. The van der Waals surface area contributed by atoms with Crippen molar-refractivity contribution < 1.29 is 52.9 Å². The van der Waals surface area contributed by atoms with E-state index in [0.29, 0.717) is 24.3 Å². The highest BCUT2D eigenvalue weighted by atomic mass is 19.1. The van der Waals surface area contributed by atoms with E-state index < -0.39 is 49.3 Å². The molecule has 3 N–H and O–H groups in total. The van der Waals surface area contributed by atoms with Crippen molar-refractivity contribution in [2.24, 2.45) is 0 Å². The van der Waals surface area contributed by atoms with E-state index >= 15 is 0 Å². The van der Waals surface area contributed by atoms with Crippen LogP contribution in [0.25, 0.3) is 0 Å². The summed E-state index contributed by atoms with van der Waals surface area (Å²) in [7, 11) is 1.12. The molecule has 2 aliphatic heterocycles. The maximum Gasteiger partial charge on any atom is 0.508 e. The monoisotopic (exact) mass is 568 g/mol. The molecule has 6 atom stereocenters. The standard InChI is InChI=1S/C27H37FN2O10/c1-14(2)30-15(3)18(10-16-7-8-20(19(28)11-16)38-17-6-5-9-36-12-17)25(29-30)40-26-24(33)23(32)22(31)21(39-26)13-37-27(34)35-4/h7-8,11,14,17,21-24,26,31-33H,5-6,9-10,12-13H2,1-4H3/t17?,21-,22-,23+,24-,26+/m1/s1. The van der Waals surface area contributed by atoms with E-state index in [4.69, 9.17) is 23.7 Å². The zero-order valence-corrected chi connectivity index (χ0v) is 23.0. The molecule has 2 aromatic rings. The number of aliphatic hydroxyl groups excluding tert-OH is 3. The molecule has 222 valence electrons. The number of nitrogens with zero attached hydrogens (tertiary/aromatic N) is 2. The minimum atomic E-state index is -1.65. The maximum absolute atomic E-state index is 15.0. The van der Waals surface area contributed by atoms with Crippen LogP contribution in [-0.2, 0) is 25.4 Å². The minimum absolute atomic E-state index is 0.0489. The molecular weight excluding hydrogens is 531 g/mol. The van der Waals surface area contributed by atoms with E-state index in [1.807, 2.05) is 20.8 Å². The molecule has 1 aromatic carbocycles. The number of rotatable bonds is 9. The van der Waals surface area contributed by atoms with Gasteiger partial charge in [0.05, 0.1) is 13.7 Å². The van der Waals surface area contributed by atoms with Crippen LogP contribution >= 0.6 is 0 Å². The summed E-state index contributed by atoms with van der Waals surface area (Å²) in [4.78, 5) is 11.4. The SMILES string of the molecule is COC(=O)OC[C@H]1O[C@@H](Oc2nn(C(C)C)c(C)c2Cc2ccc(OC3CCCOC3)c(F)c2)[C@H](O)[C@@H](O)[C@@H]1O. The van der Waals surface area contributed by atoms with Gasteiger partial charge in [-0.2, -0.15) is 0 Å². The first-order valence-electron chi connectivity index (χ1n) is 13.3. The molecule has 40 heavy (non-hydrogen) atoms. The summed E-state index contributed by atoms with van der Waals surface area (Å²) in [5.74, 6) is -0.251. The Balaban J connectivity index is 1.54. The fourth-order valence-corrected chi connectivity index (χ4v) is 4.74. The molecule has 2 saturated heterocycles. The topological polar surface area (TPSA) is 151 Å². The molecule has 2 aliphatic rings. The molecule has 1 aromatic heterocycles. The van der Waals surface area contributed by atoms with Crippen LogP contribution in [0.5, 0.6) is 11.6 Å². The summed E-state index contributed by atoms with van der Waals surface area (Å²) in [6.07, 6.45) is -6.82. The summed E-state index contributed by atoms with van der Waals surface area (Å²) >= 11 is 0. The first-order chi connectivity index (χ1) is 19.1. The average Bonchev–Trinajstić information content (AvgIpc) is 3.24. The van der Waals surface area contributed by atoms with Gasteiger partial charge in [-0.3, -0.25) is 4.68 Å². The molecule has 0 spiro atoms. The third kappa shape index (κ3) is 6.84. The second-order valence-electron chi connectivity index (χ2n) is 10.2. The number of carbonyl (C=O) groups excluding carboxylic acids is 1. The number of aromatic nitrogens is 2. The van der Waals surface area contributed by atoms with Gasteiger partial charge in [0.25, 0.3) is 0 Å². The molecule has 13 heteroatoms. The van der Waals surface area contributed by atoms with E-state index in [0.717, 1.165) is 25.6 Å². The van der Waals surface area contributed by atoms with Gasteiger partial charge in [0, 0.05) is 30.3 Å². The summed E-state index contributed by atoms with van der Waals surface area (Å²) in [6, 6.07) is 4.68. The normalized spacial score (nSPS) is 26.9. The quantitative estimate of drug-likeness (QED) is 0.381. The van der Waals surface area contributed by atoms with Gasteiger partial charge < -0.3 is 43.7 Å². The fraction of sp³-hybridized carbons (Fsp3) is 0.630. The minimum Gasteiger partial charge on any atom is -0.485 e. The first kappa shape index (κ1) is 30.0. The van der Waals surface area contributed by atoms with Crippen LogP contribution in [0, 0.1) is 12.7 Å². The molecule has 12 nitrogen and oxygen atoms in total. The number of hydrogen-bond acceptors (Lipinski definition) is 11. The molecule has 0 bridgehead atoms. The highest BCUT2D eigenvalue weighted by Gasteiger charge is 2.46. The zero-order valence-electron chi connectivity index (χ0n) is 23.0. The molecule has 1 unspecified atom stereocenters. The molecule has 3 heterocycles. The van der Waals surface area contributed by atoms with Crippen molar-refractivity contribution in [2.45, 2.75) is 82.9 Å². The highest BCUT2D eigenvalue weighted by Crippen LogP contribution is 2.32. The van der Waals surface area contributed by atoms with Gasteiger partial charge in [0.1, 0.15) is 37.1 Å². The number of hydrogen-bond donors (Lipinski definition) is 3. The van der Waals surface area contributed by atoms with Crippen molar-refractivity contribution in [3.63, 3.8) is 0 Å². The lowest BCUT2D eigenvalue weighted by Crippen LogP contribution is -2.60. The number of benzene rings is 1. The van der Waals surface area contributed by atoms with Gasteiger partial charge in [-0.05, 0) is 51.3 Å². The highest BCUT2D eigenvalue weighted by molar-refractivity contribution is 5.59.